The van der Waals surface area contributed by atoms with Gasteiger partial charge in [-0.3, -0.25) is 4.90 Å². The van der Waals surface area contributed by atoms with E-state index in [0.29, 0.717) is 17.3 Å². The number of carbonyl (C=O) groups excluding carboxylic acids is 1. The Labute approximate surface area is 109 Å². The Morgan fingerprint density at radius 2 is 2.28 bits per heavy atom. The molecule has 1 aliphatic heterocycles. The van der Waals surface area contributed by atoms with Gasteiger partial charge in [-0.05, 0) is 24.6 Å². The summed E-state index contributed by atoms with van der Waals surface area (Å²) >= 11 is 5.99. The van der Waals surface area contributed by atoms with Gasteiger partial charge < -0.3 is 9.84 Å². The Morgan fingerprint density at radius 3 is 2.83 bits per heavy atom. The van der Waals surface area contributed by atoms with E-state index in [4.69, 9.17) is 21.4 Å². The quantitative estimate of drug-likeness (QED) is 0.895. The van der Waals surface area contributed by atoms with Crippen LogP contribution in [0.25, 0.3) is 0 Å². The van der Waals surface area contributed by atoms with Crippen LogP contribution in [0.2, 0.25) is 5.02 Å². The third-order valence-electron chi connectivity index (χ3n) is 2.82. The van der Waals surface area contributed by atoms with Crippen molar-refractivity contribution in [3.05, 3.63) is 28.8 Å². The highest BCUT2D eigenvalue weighted by Gasteiger charge is 2.32. The maximum absolute atomic E-state index is 11.7. The van der Waals surface area contributed by atoms with Gasteiger partial charge in [0.05, 0.1) is 0 Å². The number of nitrogens with zero attached hydrogens (tertiary/aromatic N) is 1. The summed E-state index contributed by atoms with van der Waals surface area (Å²) in [5.41, 5.74) is 1.52. The number of anilines is 1. The van der Waals surface area contributed by atoms with Gasteiger partial charge in [-0.2, -0.15) is 0 Å². The minimum Gasteiger partial charge on any atom is -0.479 e. The number of hydrogen-bond acceptors (Lipinski definition) is 3. The van der Waals surface area contributed by atoms with E-state index in [-0.39, 0.29) is 6.42 Å². The third-order valence-corrected chi connectivity index (χ3v) is 3.23. The van der Waals surface area contributed by atoms with Gasteiger partial charge in [0.25, 0.3) is 0 Å². The molecule has 2 rings (SSSR count). The molecule has 0 aliphatic carbocycles. The fourth-order valence-electron chi connectivity index (χ4n) is 1.74. The largest absolute Gasteiger partial charge is 0.479 e. The van der Waals surface area contributed by atoms with Crippen LogP contribution in [0, 0.1) is 6.92 Å². The Bertz CT molecular complexity index is 503. The molecule has 18 heavy (non-hydrogen) atoms. The average Bonchev–Trinajstić information content (AvgIpc) is 2.32. The zero-order valence-electron chi connectivity index (χ0n) is 9.72. The predicted octanol–water partition coefficient (Wildman–Crippen LogP) is 2.45. The van der Waals surface area contributed by atoms with E-state index in [1.807, 2.05) is 6.92 Å². The molecule has 1 fully saturated rings. The van der Waals surface area contributed by atoms with Crippen molar-refractivity contribution >= 4 is 29.4 Å². The normalized spacial score (nSPS) is 19.6. The number of ether oxygens (including phenoxy) is 1. The topological polar surface area (TPSA) is 66.8 Å². The summed E-state index contributed by atoms with van der Waals surface area (Å²) in [6.07, 6.45) is -1.46. The number of rotatable bonds is 2. The van der Waals surface area contributed by atoms with Crippen molar-refractivity contribution in [3.8, 4) is 0 Å². The van der Waals surface area contributed by atoms with Crippen LogP contribution in [0.15, 0.2) is 18.2 Å². The minimum atomic E-state index is -1.12. The van der Waals surface area contributed by atoms with Crippen LogP contribution in [0.5, 0.6) is 0 Å². The van der Waals surface area contributed by atoms with E-state index in [0.717, 1.165) is 5.56 Å². The van der Waals surface area contributed by atoms with Gasteiger partial charge in [-0.25, -0.2) is 9.59 Å². The summed E-state index contributed by atoms with van der Waals surface area (Å²) in [6.45, 7) is 2.16. The van der Waals surface area contributed by atoms with E-state index in [1.165, 1.54) is 4.90 Å². The van der Waals surface area contributed by atoms with Crippen molar-refractivity contribution in [3.63, 3.8) is 0 Å². The fraction of sp³-hybridized carbons (Fsp3) is 0.333. The van der Waals surface area contributed by atoms with Gasteiger partial charge in [0, 0.05) is 23.7 Å². The number of benzene rings is 1. The Hall–Kier alpha value is -1.75. The van der Waals surface area contributed by atoms with Gasteiger partial charge in [0.2, 0.25) is 6.10 Å². The van der Waals surface area contributed by atoms with E-state index < -0.39 is 18.2 Å². The zero-order valence-corrected chi connectivity index (χ0v) is 10.5. The van der Waals surface area contributed by atoms with Crippen LogP contribution in [0.4, 0.5) is 10.5 Å². The Morgan fingerprint density at radius 1 is 1.56 bits per heavy atom. The summed E-state index contributed by atoms with van der Waals surface area (Å²) in [5.74, 6) is -1.12. The molecule has 1 aromatic carbocycles. The number of carboxylic acid groups (broad SMARTS) is 1. The molecule has 1 aromatic rings. The van der Waals surface area contributed by atoms with Crippen LogP contribution in [-0.2, 0) is 9.53 Å². The van der Waals surface area contributed by atoms with E-state index in [2.05, 4.69) is 0 Å². The lowest BCUT2D eigenvalue weighted by Gasteiger charge is -2.30. The number of hydrogen-bond donors (Lipinski definition) is 1. The monoisotopic (exact) mass is 269 g/mol. The lowest BCUT2D eigenvalue weighted by molar-refractivity contribution is -0.147. The van der Waals surface area contributed by atoms with Crippen LogP contribution < -0.4 is 4.90 Å². The third kappa shape index (κ3) is 2.41. The molecule has 1 saturated heterocycles. The number of amides is 1. The molecule has 0 bridgehead atoms. The second kappa shape index (κ2) is 4.86. The molecule has 1 unspecified atom stereocenters. The molecule has 96 valence electrons. The van der Waals surface area contributed by atoms with Gasteiger partial charge in [0.1, 0.15) is 0 Å². The maximum atomic E-state index is 11.7. The second-order valence-corrected chi connectivity index (χ2v) is 4.49. The van der Waals surface area contributed by atoms with E-state index in [9.17, 15) is 9.59 Å². The van der Waals surface area contributed by atoms with Crippen molar-refractivity contribution in [1.82, 2.24) is 0 Å². The van der Waals surface area contributed by atoms with E-state index in [1.54, 1.807) is 18.2 Å². The molecular formula is C12H12ClNO4. The average molecular weight is 270 g/mol. The zero-order chi connectivity index (χ0) is 13.3. The number of halogens is 1. The highest BCUT2D eigenvalue weighted by atomic mass is 35.5. The van der Waals surface area contributed by atoms with E-state index >= 15 is 0 Å². The molecule has 0 saturated carbocycles. The smallest absolute Gasteiger partial charge is 0.415 e. The predicted molar refractivity (Wildman–Crippen MR) is 66.1 cm³/mol. The first-order valence-corrected chi connectivity index (χ1v) is 5.84. The molecule has 0 spiro atoms. The standard InChI is InChI=1S/C12H12ClNO4/c1-7-2-3-8(6-9(7)13)14-5-4-10(11(15)16)18-12(14)17/h2-3,6,10H,4-5H2,1H3,(H,15,16). The van der Waals surface area contributed by atoms with Gasteiger partial charge >= 0.3 is 12.1 Å². The van der Waals surface area contributed by atoms with Crippen molar-refractivity contribution in [2.24, 2.45) is 0 Å². The lowest BCUT2D eigenvalue weighted by Crippen LogP contribution is -2.44. The number of carbonyl (C=O) groups is 2. The molecule has 1 heterocycles. The summed E-state index contributed by atoms with van der Waals surface area (Å²) < 4.78 is 4.83. The first-order valence-electron chi connectivity index (χ1n) is 5.46. The van der Waals surface area contributed by atoms with Crippen molar-refractivity contribution in [2.45, 2.75) is 19.4 Å². The molecule has 0 radical (unpaired) electrons. The van der Waals surface area contributed by atoms with Crippen molar-refractivity contribution < 1.29 is 19.4 Å². The SMILES string of the molecule is Cc1ccc(N2CCC(C(=O)O)OC2=O)cc1Cl. The molecule has 1 atom stereocenters. The number of aryl methyl sites for hydroxylation is 1. The van der Waals surface area contributed by atoms with Crippen molar-refractivity contribution in [1.29, 1.82) is 0 Å². The summed E-state index contributed by atoms with van der Waals surface area (Å²) in [6, 6.07) is 5.22. The Balaban J connectivity index is 2.18. The molecule has 1 N–H and O–H groups in total. The molecule has 1 amide bonds. The second-order valence-electron chi connectivity index (χ2n) is 4.08. The molecule has 6 heteroatoms. The maximum Gasteiger partial charge on any atom is 0.415 e. The minimum absolute atomic E-state index is 0.257. The number of aliphatic carboxylic acids is 1. The first-order chi connectivity index (χ1) is 8.49. The molecular weight excluding hydrogens is 258 g/mol. The highest BCUT2D eigenvalue weighted by Crippen LogP contribution is 2.26. The summed E-state index contributed by atoms with van der Waals surface area (Å²) in [5, 5.41) is 9.33. The summed E-state index contributed by atoms with van der Waals surface area (Å²) in [4.78, 5) is 23.8. The van der Waals surface area contributed by atoms with Crippen LogP contribution >= 0.6 is 11.6 Å². The van der Waals surface area contributed by atoms with Gasteiger partial charge in [-0.1, -0.05) is 17.7 Å². The summed E-state index contributed by atoms with van der Waals surface area (Å²) in [7, 11) is 0. The number of carboxylic acids is 1. The number of cyclic esters (lactones) is 1. The van der Waals surface area contributed by atoms with Gasteiger partial charge in [-0.15, -0.1) is 0 Å². The highest BCUT2D eigenvalue weighted by molar-refractivity contribution is 6.31. The van der Waals surface area contributed by atoms with Crippen LogP contribution in [-0.4, -0.2) is 29.8 Å². The fourth-order valence-corrected chi connectivity index (χ4v) is 1.91. The van der Waals surface area contributed by atoms with Crippen molar-refractivity contribution in [2.75, 3.05) is 11.4 Å². The molecule has 5 nitrogen and oxygen atoms in total. The van der Waals surface area contributed by atoms with Crippen LogP contribution in [0.1, 0.15) is 12.0 Å². The van der Waals surface area contributed by atoms with Gasteiger partial charge in [0.15, 0.2) is 0 Å². The Kier molecular flexibility index (Phi) is 3.43. The molecule has 0 aromatic heterocycles. The first kappa shape index (κ1) is 12.7. The molecule has 1 aliphatic rings. The lowest BCUT2D eigenvalue weighted by atomic mass is 10.1. The van der Waals surface area contributed by atoms with Crippen LogP contribution in [0.3, 0.4) is 0 Å².